The molecular formula is C16H15FO. The van der Waals surface area contributed by atoms with Crippen molar-refractivity contribution in [1.29, 1.82) is 0 Å². The first-order valence-electron chi connectivity index (χ1n) is 5.98. The molecular weight excluding hydrogens is 227 g/mol. The van der Waals surface area contributed by atoms with E-state index in [1.165, 1.54) is 24.3 Å². The third-order valence-corrected chi connectivity index (χ3v) is 2.92. The highest BCUT2D eigenvalue weighted by atomic mass is 19.1. The first-order chi connectivity index (χ1) is 8.58. The molecule has 2 aromatic rings. The number of carbonyl (C=O) groups excluding carboxylic acids is 1. The Morgan fingerprint density at radius 3 is 2.28 bits per heavy atom. The summed E-state index contributed by atoms with van der Waals surface area (Å²) in [5.41, 5.74) is 2.29. The molecule has 2 aromatic carbocycles. The van der Waals surface area contributed by atoms with E-state index in [0.29, 0.717) is 17.0 Å². The minimum absolute atomic E-state index is 0.0718. The number of carbonyl (C=O) groups is 1. The largest absolute Gasteiger partial charge is 0.289 e. The summed E-state index contributed by atoms with van der Waals surface area (Å²) >= 11 is 0. The van der Waals surface area contributed by atoms with Crippen LogP contribution < -0.4 is 0 Å². The van der Waals surface area contributed by atoms with Crippen LogP contribution in [-0.4, -0.2) is 5.78 Å². The van der Waals surface area contributed by atoms with Crippen LogP contribution in [0, 0.1) is 5.82 Å². The molecule has 0 aliphatic heterocycles. The monoisotopic (exact) mass is 242 g/mol. The van der Waals surface area contributed by atoms with Gasteiger partial charge in [0, 0.05) is 11.1 Å². The molecule has 0 atom stereocenters. The van der Waals surface area contributed by atoms with Crippen molar-refractivity contribution in [1.82, 2.24) is 0 Å². The lowest BCUT2D eigenvalue weighted by molar-refractivity contribution is 0.103. The van der Waals surface area contributed by atoms with Crippen molar-refractivity contribution in [3.05, 3.63) is 71.0 Å². The number of rotatable bonds is 3. The second kappa shape index (κ2) is 5.13. The van der Waals surface area contributed by atoms with E-state index in [2.05, 4.69) is 13.8 Å². The molecule has 0 heterocycles. The molecule has 0 spiro atoms. The third kappa shape index (κ3) is 2.65. The Bertz CT molecular complexity index is 556. The van der Waals surface area contributed by atoms with Gasteiger partial charge in [0.25, 0.3) is 0 Å². The van der Waals surface area contributed by atoms with Gasteiger partial charge < -0.3 is 0 Å². The molecule has 0 bridgehead atoms. The lowest BCUT2D eigenvalue weighted by Crippen LogP contribution is -2.02. The Morgan fingerprint density at radius 1 is 1.00 bits per heavy atom. The molecule has 18 heavy (non-hydrogen) atoms. The average Bonchev–Trinajstić information content (AvgIpc) is 2.39. The van der Waals surface area contributed by atoms with Crippen LogP contribution in [0.3, 0.4) is 0 Å². The normalized spacial score (nSPS) is 10.7. The molecule has 0 N–H and O–H groups in total. The number of halogens is 1. The number of hydrogen-bond acceptors (Lipinski definition) is 1. The van der Waals surface area contributed by atoms with Gasteiger partial charge in [0.2, 0.25) is 0 Å². The van der Waals surface area contributed by atoms with Gasteiger partial charge in [-0.2, -0.15) is 0 Å². The van der Waals surface area contributed by atoms with E-state index < -0.39 is 0 Å². The first-order valence-corrected chi connectivity index (χ1v) is 5.98. The quantitative estimate of drug-likeness (QED) is 0.738. The maximum Gasteiger partial charge on any atom is 0.193 e. The highest BCUT2D eigenvalue weighted by Gasteiger charge is 2.10. The third-order valence-electron chi connectivity index (χ3n) is 2.92. The van der Waals surface area contributed by atoms with Crippen LogP contribution in [0.15, 0.2) is 48.5 Å². The van der Waals surface area contributed by atoms with Crippen LogP contribution in [-0.2, 0) is 0 Å². The Balaban J connectivity index is 2.34. The molecule has 0 saturated carbocycles. The molecule has 0 amide bonds. The molecule has 0 aromatic heterocycles. The Morgan fingerprint density at radius 2 is 1.67 bits per heavy atom. The van der Waals surface area contributed by atoms with Crippen LogP contribution in [0.4, 0.5) is 4.39 Å². The Kier molecular flexibility index (Phi) is 3.56. The Labute approximate surface area is 106 Å². The maximum atomic E-state index is 12.8. The van der Waals surface area contributed by atoms with E-state index in [1.807, 2.05) is 18.2 Å². The minimum Gasteiger partial charge on any atom is -0.289 e. The van der Waals surface area contributed by atoms with Crippen molar-refractivity contribution < 1.29 is 9.18 Å². The van der Waals surface area contributed by atoms with Gasteiger partial charge in [-0.05, 0) is 41.8 Å². The second-order valence-corrected chi connectivity index (χ2v) is 4.62. The van der Waals surface area contributed by atoms with E-state index in [0.717, 1.165) is 5.56 Å². The highest BCUT2D eigenvalue weighted by molar-refractivity contribution is 6.09. The van der Waals surface area contributed by atoms with Gasteiger partial charge in [0.1, 0.15) is 5.82 Å². The number of hydrogen-bond donors (Lipinski definition) is 0. The average molecular weight is 242 g/mol. The van der Waals surface area contributed by atoms with Gasteiger partial charge in [-0.25, -0.2) is 4.39 Å². The van der Waals surface area contributed by atoms with Crippen molar-refractivity contribution in [2.75, 3.05) is 0 Å². The van der Waals surface area contributed by atoms with E-state index in [1.54, 1.807) is 6.07 Å². The van der Waals surface area contributed by atoms with Crippen LogP contribution in [0.5, 0.6) is 0 Å². The molecule has 0 aliphatic rings. The molecule has 0 saturated heterocycles. The fraction of sp³-hybridized carbons (Fsp3) is 0.188. The minimum atomic E-state index is -0.331. The maximum absolute atomic E-state index is 12.8. The molecule has 2 heteroatoms. The van der Waals surface area contributed by atoms with Crippen LogP contribution in [0.1, 0.15) is 41.3 Å². The summed E-state index contributed by atoms with van der Waals surface area (Å²) in [6, 6.07) is 13.2. The summed E-state index contributed by atoms with van der Waals surface area (Å²) in [4.78, 5) is 12.2. The lowest BCUT2D eigenvalue weighted by atomic mass is 9.97. The van der Waals surface area contributed by atoms with Crippen molar-refractivity contribution in [2.24, 2.45) is 0 Å². The summed E-state index contributed by atoms with van der Waals surface area (Å²) in [6.45, 7) is 4.17. The van der Waals surface area contributed by atoms with Gasteiger partial charge in [-0.1, -0.05) is 32.0 Å². The van der Waals surface area contributed by atoms with Crippen LogP contribution >= 0.6 is 0 Å². The molecule has 2 rings (SSSR count). The van der Waals surface area contributed by atoms with Gasteiger partial charge >= 0.3 is 0 Å². The summed E-state index contributed by atoms with van der Waals surface area (Å²) in [5.74, 6) is -0.0223. The smallest absolute Gasteiger partial charge is 0.193 e. The molecule has 0 unspecified atom stereocenters. The fourth-order valence-corrected chi connectivity index (χ4v) is 1.81. The number of benzene rings is 2. The standard InChI is InChI=1S/C16H15FO/c1-11(2)13-4-3-5-14(10-13)16(18)12-6-8-15(17)9-7-12/h3-11H,1-2H3. The zero-order chi connectivity index (χ0) is 13.1. The van der Waals surface area contributed by atoms with Gasteiger partial charge in [0.05, 0.1) is 0 Å². The predicted molar refractivity (Wildman–Crippen MR) is 70.4 cm³/mol. The van der Waals surface area contributed by atoms with Gasteiger partial charge in [-0.15, -0.1) is 0 Å². The van der Waals surface area contributed by atoms with Crippen LogP contribution in [0.2, 0.25) is 0 Å². The molecule has 1 nitrogen and oxygen atoms in total. The van der Waals surface area contributed by atoms with Gasteiger partial charge in [-0.3, -0.25) is 4.79 Å². The fourth-order valence-electron chi connectivity index (χ4n) is 1.81. The van der Waals surface area contributed by atoms with Crippen molar-refractivity contribution in [3.8, 4) is 0 Å². The lowest BCUT2D eigenvalue weighted by Gasteiger charge is -2.07. The molecule has 0 radical (unpaired) electrons. The summed E-state index contributed by atoms with van der Waals surface area (Å²) < 4.78 is 12.8. The zero-order valence-corrected chi connectivity index (χ0v) is 10.5. The van der Waals surface area contributed by atoms with E-state index >= 15 is 0 Å². The van der Waals surface area contributed by atoms with Crippen molar-refractivity contribution in [2.45, 2.75) is 19.8 Å². The summed E-state index contributed by atoms with van der Waals surface area (Å²) in [6.07, 6.45) is 0. The summed E-state index contributed by atoms with van der Waals surface area (Å²) in [5, 5.41) is 0. The second-order valence-electron chi connectivity index (χ2n) is 4.62. The van der Waals surface area contributed by atoms with Crippen LogP contribution in [0.25, 0.3) is 0 Å². The predicted octanol–water partition coefficient (Wildman–Crippen LogP) is 4.18. The van der Waals surface area contributed by atoms with Crippen molar-refractivity contribution in [3.63, 3.8) is 0 Å². The molecule has 0 fully saturated rings. The zero-order valence-electron chi connectivity index (χ0n) is 10.5. The Hall–Kier alpha value is -1.96. The van der Waals surface area contributed by atoms with E-state index in [9.17, 15) is 9.18 Å². The highest BCUT2D eigenvalue weighted by Crippen LogP contribution is 2.18. The number of ketones is 1. The summed E-state index contributed by atoms with van der Waals surface area (Å²) in [7, 11) is 0. The van der Waals surface area contributed by atoms with E-state index in [4.69, 9.17) is 0 Å². The molecule has 0 aliphatic carbocycles. The SMILES string of the molecule is CC(C)c1cccc(C(=O)c2ccc(F)cc2)c1. The van der Waals surface area contributed by atoms with Crippen molar-refractivity contribution >= 4 is 5.78 Å². The van der Waals surface area contributed by atoms with E-state index in [-0.39, 0.29) is 11.6 Å². The first kappa shape index (κ1) is 12.5. The molecule has 92 valence electrons. The topological polar surface area (TPSA) is 17.1 Å². The van der Waals surface area contributed by atoms with Gasteiger partial charge in [0.15, 0.2) is 5.78 Å².